The van der Waals surface area contributed by atoms with Gasteiger partial charge in [-0.3, -0.25) is 4.90 Å². The Morgan fingerprint density at radius 2 is 1.90 bits per heavy atom. The second-order valence-corrected chi connectivity index (χ2v) is 5.06. The fourth-order valence-electron chi connectivity index (χ4n) is 2.41. The lowest BCUT2D eigenvalue weighted by Crippen LogP contribution is -2.22. The Morgan fingerprint density at radius 3 is 2.67 bits per heavy atom. The van der Waals surface area contributed by atoms with Gasteiger partial charge in [-0.05, 0) is 24.2 Å². The minimum Gasteiger partial charge on any atom is -0.356 e. The van der Waals surface area contributed by atoms with Gasteiger partial charge in [0, 0.05) is 24.5 Å². The van der Waals surface area contributed by atoms with E-state index in [2.05, 4.69) is 29.1 Å². The monoisotopic (exact) mass is 284 g/mol. The summed E-state index contributed by atoms with van der Waals surface area (Å²) in [5, 5.41) is 4.96. The highest BCUT2D eigenvalue weighted by molar-refractivity contribution is 5.79. The third-order valence-corrected chi connectivity index (χ3v) is 3.58. The Labute approximate surface area is 123 Å². The van der Waals surface area contributed by atoms with Crippen LogP contribution in [0.5, 0.6) is 0 Å². The van der Waals surface area contributed by atoms with E-state index in [1.54, 1.807) is 6.07 Å². The maximum Gasteiger partial charge on any atom is 0.170 e. The van der Waals surface area contributed by atoms with Crippen LogP contribution in [0.2, 0.25) is 0 Å². The van der Waals surface area contributed by atoms with E-state index < -0.39 is 0 Å². The van der Waals surface area contributed by atoms with E-state index in [1.165, 1.54) is 17.7 Å². The normalized spacial score (nSPS) is 11.4. The van der Waals surface area contributed by atoms with Crippen molar-refractivity contribution in [1.82, 2.24) is 10.1 Å². The van der Waals surface area contributed by atoms with Crippen LogP contribution in [0.25, 0.3) is 11.0 Å². The second-order valence-electron chi connectivity index (χ2n) is 5.06. The van der Waals surface area contributed by atoms with Gasteiger partial charge < -0.3 is 4.52 Å². The van der Waals surface area contributed by atoms with Gasteiger partial charge in [0.1, 0.15) is 11.5 Å². The van der Waals surface area contributed by atoms with Crippen molar-refractivity contribution in [2.24, 2.45) is 0 Å². The van der Waals surface area contributed by atoms with Crippen molar-refractivity contribution in [3.05, 3.63) is 65.6 Å². The predicted molar refractivity (Wildman–Crippen MR) is 80.2 cm³/mol. The zero-order valence-electron chi connectivity index (χ0n) is 11.9. The third kappa shape index (κ3) is 3.11. The van der Waals surface area contributed by atoms with Crippen molar-refractivity contribution < 1.29 is 8.91 Å². The van der Waals surface area contributed by atoms with Crippen molar-refractivity contribution in [1.29, 1.82) is 0 Å². The summed E-state index contributed by atoms with van der Waals surface area (Å²) in [7, 11) is 0. The summed E-state index contributed by atoms with van der Waals surface area (Å²) in [6.45, 7) is 4.56. The van der Waals surface area contributed by atoms with Crippen molar-refractivity contribution in [2.45, 2.75) is 20.0 Å². The summed E-state index contributed by atoms with van der Waals surface area (Å²) in [6.07, 6.45) is 0. The van der Waals surface area contributed by atoms with Gasteiger partial charge in [-0.25, -0.2) is 4.39 Å². The molecule has 21 heavy (non-hydrogen) atoms. The van der Waals surface area contributed by atoms with E-state index in [0.29, 0.717) is 12.1 Å². The molecule has 0 spiro atoms. The Balaban J connectivity index is 1.79. The summed E-state index contributed by atoms with van der Waals surface area (Å²) in [4.78, 5) is 2.27. The molecule has 0 fully saturated rings. The first-order valence-corrected chi connectivity index (χ1v) is 7.06. The molecule has 4 heteroatoms. The molecule has 0 N–H and O–H groups in total. The molecule has 0 unspecified atom stereocenters. The molecule has 0 saturated carbocycles. The highest BCUT2D eigenvalue weighted by atomic mass is 19.1. The number of benzene rings is 2. The van der Waals surface area contributed by atoms with Gasteiger partial charge in [0.25, 0.3) is 0 Å². The molecule has 3 nitrogen and oxygen atoms in total. The molecule has 0 amide bonds. The molecule has 2 aromatic carbocycles. The fourth-order valence-corrected chi connectivity index (χ4v) is 2.41. The van der Waals surface area contributed by atoms with E-state index >= 15 is 0 Å². The van der Waals surface area contributed by atoms with Gasteiger partial charge in [-0.15, -0.1) is 0 Å². The highest BCUT2D eigenvalue weighted by Gasteiger charge is 2.12. The summed E-state index contributed by atoms with van der Waals surface area (Å²) in [6, 6.07) is 14.9. The van der Waals surface area contributed by atoms with Gasteiger partial charge in [-0.1, -0.05) is 42.4 Å². The van der Waals surface area contributed by atoms with E-state index in [1.807, 2.05) is 18.2 Å². The van der Waals surface area contributed by atoms with Crippen molar-refractivity contribution in [3.8, 4) is 0 Å². The largest absolute Gasteiger partial charge is 0.356 e. The van der Waals surface area contributed by atoms with E-state index in [0.717, 1.165) is 24.2 Å². The van der Waals surface area contributed by atoms with Crippen LogP contribution in [0.1, 0.15) is 18.2 Å². The third-order valence-electron chi connectivity index (χ3n) is 3.58. The molecular formula is C17H17FN2O. The number of rotatable bonds is 5. The van der Waals surface area contributed by atoms with Crippen LogP contribution >= 0.6 is 0 Å². The first-order valence-electron chi connectivity index (χ1n) is 7.06. The molecule has 0 bridgehead atoms. The molecule has 0 aliphatic carbocycles. The van der Waals surface area contributed by atoms with E-state index in [9.17, 15) is 4.39 Å². The maximum absolute atomic E-state index is 13.2. The van der Waals surface area contributed by atoms with Gasteiger partial charge >= 0.3 is 0 Å². The number of fused-ring (bicyclic) bond motifs is 1. The minimum atomic E-state index is -0.304. The lowest BCUT2D eigenvalue weighted by atomic mass is 10.2. The number of nitrogens with zero attached hydrogens (tertiary/aromatic N) is 2. The van der Waals surface area contributed by atoms with E-state index in [-0.39, 0.29) is 5.82 Å². The lowest BCUT2D eigenvalue weighted by Gasteiger charge is -2.19. The molecule has 3 aromatic rings. The van der Waals surface area contributed by atoms with Gasteiger partial charge in [-0.2, -0.15) is 0 Å². The summed E-state index contributed by atoms with van der Waals surface area (Å²) in [5.41, 5.74) is 2.61. The summed E-state index contributed by atoms with van der Waals surface area (Å²) < 4.78 is 18.4. The average Bonchev–Trinajstić information content (AvgIpc) is 2.89. The van der Waals surface area contributed by atoms with Crippen molar-refractivity contribution in [2.75, 3.05) is 6.54 Å². The highest BCUT2D eigenvalue weighted by Crippen LogP contribution is 2.21. The average molecular weight is 284 g/mol. The molecule has 1 heterocycles. The van der Waals surface area contributed by atoms with Crippen molar-refractivity contribution >= 4 is 11.0 Å². The van der Waals surface area contributed by atoms with Gasteiger partial charge in [0.15, 0.2) is 5.58 Å². The molecule has 108 valence electrons. The minimum absolute atomic E-state index is 0.304. The van der Waals surface area contributed by atoms with Crippen LogP contribution in [0, 0.1) is 5.82 Å². The molecule has 0 saturated heterocycles. The van der Waals surface area contributed by atoms with Crippen LogP contribution in [0.3, 0.4) is 0 Å². The van der Waals surface area contributed by atoms with E-state index in [4.69, 9.17) is 4.52 Å². The Kier molecular flexibility index (Phi) is 3.97. The standard InChI is InChI=1S/C17H17FN2O/c1-2-20(11-13-6-4-3-5-7-13)12-16-15-9-8-14(18)10-17(15)21-19-16/h3-10H,2,11-12H2,1H3. The second kappa shape index (κ2) is 6.06. The summed E-state index contributed by atoms with van der Waals surface area (Å²) in [5.74, 6) is -0.304. The zero-order valence-corrected chi connectivity index (χ0v) is 11.9. The lowest BCUT2D eigenvalue weighted by molar-refractivity contribution is 0.263. The Morgan fingerprint density at radius 1 is 1.10 bits per heavy atom. The van der Waals surface area contributed by atoms with Crippen molar-refractivity contribution in [3.63, 3.8) is 0 Å². The first-order chi connectivity index (χ1) is 10.3. The topological polar surface area (TPSA) is 29.3 Å². The van der Waals surface area contributed by atoms with Gasteiger partial charge in [0.05, 0.1) is 0 Å². The molecular weight excluding hydrogens is 267 g/mol. The number of hydrogen-bond donors (Lipinski definition) is 0. The maximum atomic E-state index is 13.2. The molecule has 0 aliphatic heterocycles. The zero-order chi connectivity index (χ0) is 14.7. The smallest absolute Gasteiger partial charge is 0.170 e. The number of aromatic nitrogens is 1. The summed E-state index contributed by atoms with van der Waals surface area (Å²) >= 11 is 0. The molecule has 0 radical (unpaired) electrons. The Hall–Kier alpha value is -2.20. The quantitative estimate of drug-likeness (QED) is 0.709. The van der Waals surface area contributed by atoms with Crippen LogP contribution < -0.4 is 0 Å². The molecule has 3 rings (SSSR count). The van der Waals surface area contributed by atoms with Crippen LogP contribution in [0.4, 0.5) is 4.39 Å². The SMILES string of the molecule is CCN(Cc1ccccc1)Cc1noc2cc(F)ccc12. The number of halogens is 1. The van der Waals surface area contributed by atoms with Crippen LogP contribution in [-0.4, -0.2) is 16.6 Å². The van der Waals surface area contributed by atoms with Gasteiger partial charge in [0.2, 0.25) is 0 Å². The molecule has 0 atom stereocenters. The predicted octanol–water partition coefficient (Wildman–Crippen LogP) is 3.99. The van der Waals surface area contributed by atoms with Crippen LogP contribution in [-0.2, 0) is 13.1 Å². The van der Waals surface area contributed by atoms with Crippen LogP contribution in [0.15, 0.2) is 53.1 Å². The number of hydrogen-bond acceptors (Lipinski definition) is 3. The molecule has 1 aromatic heterocycles. The Bertz CT molecular complexity index is 724. The first kappa shape index (κ1) is 13.8. The molecule has 0 aliphatic rings. The fraction of sp³-hybridized carbons (Fsp3) is 0.235.